The molecule has 180 valence electrons. The molecule has 0 spiro atoms. The molecule has 2 aromatic rings. The molecule has 8 heteroatoms. The zero-order valence-corrected chi connectivity index (χ0v) is 19.8. The largest absolute Gasteiger partial charge is 0.485 e. The summed E-state index contributed by atoms with van der Waals surface area (Å²) in [6.45, 7) is 6.61. The molecule has 0 aliphatic carbocycles. The number of Topliss-reactive ketones (excluding diaryl/α,β-unsaturated/α-hetero) is 1. The van der Waals surface area contributed by atoms with Crippen molar-refractivity contribution in [1.29, 1.82) is 0 Å². The molecule has 1 unspecified atom stereocenters. The van der Waals surface area contributed by atoms with E-state index in [2.05, 4.69) is 11.4 Å². The van der Waals surface area contributed by atoms with Gasteiger partial charge in [0, 0.05) is 18.7 Å². The van der Waals surface area contributed by atoms with Crippen molar-refractivity contribution in [2.45, 2.75) is 39.7 Å². The number of carbonyl (C=O) groups excluding carboxylic acids is 3. The molecule has 1 atom stereocenters. The van der Waals surface area contributed by atoms with Crippen LogP contribution in [0.15, 0.2) is 30.3 Å². The molecule has 2 aromatic carbocycles. The van der Waals surface area contributed by atoms with Crippen molar-refractivity contribution >= 4 is 23.3 Å². The number of hydrogen-bond donors (Lipinski definition) is 1. The predicted molar refractivity (Wildman–Crippen MR) is 127 cm³/mol. The Morgan fingerprint density at radius 3 is 2.76 bits per heavy atom. The maximum absolute atomic E-state index is 12.9. The van der Waals surface area contributed by atoms with Gasteiger partial charge in [0.1, 0.15) is 18.0 Å². The second-order valence-corrected chi connectivity index (χ2v) is 8.81. The monoisotopic (exact) mass is 466 g/mol. The summed E-state index contributed by atoms with van der Waals surface area (Å²) in [6, 6.07) is 8.85. The van der Waals surface area contributed by atoms with Crippen molar-refractivity contribution in [3.05, 3.63) is 52.6 Å². The summed E-state index contributed by atoms with van der Waals surface area (Å²) in [4.78, 5) is 39.3. The van der Waals surface area contributed by atoms with Crippen molar-refractivity contribution in [2.75, 3.05) is 37.8 Å². The number of hydrogen-bond acceptors (Lipinski definition) is 6. The Bertz CT molecular complexity index is 1110. The molecule has 2 aliphatic heterocycles. The van der Waals surface area contributed by atoms with Crippen molar-refractivity contribution < 1.29 is 28.6 Å². The van der Waals surface area contributed by atoms with Crippen LogP contribution in [0.1, 0.15) is 39.9 Å². The number of rotatable bonds is 8. The maximum atomic E-state index is 12.9. The summed E-state index contributed by atoms with van der Waals surface area (Å²) in [7, 11) is 0. The summed E-state index contributed by atoms with van der Waals surface area (Å²) in [6.07, 6.45) is 1.91. The van der Waals surface area contributed by atoms with Gasteiger partial charge >= 0.3 is 0 Å². The number of fused-ring (bicyclic) bond motifs is 1. The molecule has 0 bridgehead atoms. The predicted octanol–water partition coefficient (Wildman–Crippen LogP) is 2.89. The van der Waals surface area contributed by atoms with Crippen molar-refractivity contribution in [1.82, 2.24) is 5.32 Å². The average Bonchev–Trinajstić information content (AvgIpc) is 3.34. The third kappa shape index (κ3) is 5.39. The van der Waals surface area contributed by atoms with Gasteiger partial charge in [-0.25, -0.2) is 0 Å². The topological polar surface area (TPSA) is 94.2 Å². The van der Waals surface area contributed by atoms with E-state index in [1.807, 2.05) is 26.8 Å². The Morgan fingerprint density at radius 2 is 2.00 bits per heavy atom. The first-order valence-electron chi connectivity index (χ1n) is 11.5. The van der Waals surface area contributed by atoms with Crippen molar-refractivity contribution in [2.24, 2.45) is 0 Å². The lowest BCUT2D eigenvalue weighted by Crippen LogP contribution is -2.46. The molecule has 34 heavy (non-hydrogen) atoms. The smallest absolute Gasteiger partial charge is 0.265 e. The average molecular weight is 467 g/mol. The quantitative estimate of drug-likeness (QED) is 0.602. The Hall–Kier alpha value is -3.39. The first kappa shape index (κ1) is 23.8. The lowest BCUT2D eigenvalue weighted by Gasteiger charge is -2.29. The number of aryl methyl sites for hydroxylation is 2. The van der Waals surface area contributed by atoms with E-state index in [4.69, 9.17) is 14.2 Å². The van der Waals surface area contributed by atoms with Crippen LogP contribution in [0, 0.1) is 20.8 Å². The second kappa shape index (κ2) is 10.3. The van der Waals surface area contributed by atoms with Gasteiger partial charge in [-0.1, -0.05) is 6.07 Å². The summed E-state index contributed by atoms with van der Waals surface area (Å²) in [5.41, 5.74) is 3.92. The molecule has 4 rings (SSSR count). The molecule has 2 amide bonds. The Kier molecular flexibility index (Phi) is 7.17. The van der Waals surface area contributed by atoms with E-state index in [1.54, 1.807) is 18.2 Å². The molecule has 1 N–H and O–H groups in total. The van der Waals surface area contributed by atoms with E-state index < -0.39 is 0 Å². The molecule has 1 saturated heterocycles. The highest BCUT2D eigenvalue weighted by atomic mass is 16.5. The fraction of sp³-hybridized carbons (Fsp3) is 0.423. The number of amides is 2. The summed E-state index contributed by atoms with van der Waals surface area (Å²) in [5.74, 6) is 0.261. The lowest BCUT2D eigenvalue weighted by atomic mass is 10.1. The van der Waals surface area contributed by atoms with Gasteiger partial charge in [-0.05, 0) is 74.6 Å². The van der Waals surface area contributed by atoms with Crippen LogP contribution in [0.3, 0.4) is 0 Å². The molecular formula is C26H30N2O6. The minimum atomic E-state index is -0.341. The van der Waals surface area contributed by atoms with Crippen LogP contribution >= 0.6 is 0 Å². The van der Waals surface area contributed by atoms with E-state index in [0.717, 1.165) is 29.5 Å². The van der Waals surface area contributed by atoms with Gasteiger partial charge in [0.05, 0.1) is 11.8 Å². The summed E-state index contributed by atoms with van der Waals surface area (Å²) < 4.78 is 16.8. The second-order valence-electron chi connectivity index (χ2n) is 8.81. The highest BCUT2D eigenvalue weighted by molar-refractivity contribution is 6.04. The molecule has 2 heterocycles. The zero-order chi connectivity index (χ0) is 24.2. The van der Waals surface area contributed by atoms with Gasteiger partial charge in [-0.3, -0.25) is 19.3 Å². The van der Waals surface area contributed by atoms with E-state index in [0.29, 0.717) is 35.9 Å². The zero-order valence-electron chi connectivity index (χ0n) is 19.8. The van der Waals surface area contributed by atoms with E-state index in [9.17, 15) is 14.4 Å². The first-order valence-corrected chi connectivity index (χ1v) is 11.5. The van der Waals surface area contributed by atoms with Crippen molar-refractivity contribution in [3.8, 4) is 11.5 Å². The van der Waals surface area contributed by atoms with Crippen LogP contribution in [-0.4, -0.2) is 56.6 Å². The molecule has 0 saturated carbocycles. The van der Waals surface area contributed by atoms with Gasteiger partial charge in [-0.15, -0.1) is 0 Å². The van der Waals surface area contributed by atoms with Crippen LogP contribution in [0.4, 0.5) is 5.69 Å². The molecule has 0 aromatic heterocycles. The third-order valence-electron chi connectivity index (χ3n) is 6.20. The van der Waals surface area contributed by atoms with Gasteiger partial charge < -0.3 is 19.5 Å². The van der Waals surface area contributed by atoms with E-state index in [1.165, 1.54) is 4.90 Å². The van der Waals surface area contributed by atoms with Crippen LogP contribution < -0.4 is 19.7 Å². The Balaban J connectivity index is 1.44. The third-order valence-corrected chi connectivity index (χ3v) is 6.20. The molecule has 2 aliphatic rings. The Morgan fingerprint density at radius 1 is 1.18 bits per heavy atom. The number of ketones is 1. The number of nitrogens with one attached hydrogen (secondary N) is 1. The van der Waals surface area contributed by atoms with Crippen molar-refractivity contribution in [3.63, 3.8) is 0 Å². The molecule has 8 nitrogen and oxygen atoms in total. The summed E-state index contributed by atoms with van der Waals surface area (Å²) >= 11 is 0. The van der Waals surface area contributed by atoms with Crippen LogP contribution in [0.5, 0.6) is 11.5 Å². The fourth-order valence-corrected chi connectivity index (χ4v) is 4.16. The SMILES string of the molecule is Cc1cc(C)c(C)c(OCC(=O)c2ccc3c(c2)N(CC(=O)NCC2CCCO2)C(=O)CO3)c1. The number of nitrogens with zero attached hydrogens (tertiary/aromatic N) is 1. The Labute approximate surface area is 199 Å². The minimum Gasteiger partial charge on any atom is -0.485 e. The maximum Gasteiger partial charge on any atom is 0.265 e. The van der Waals surface area contributed by atoms with Gasteiger partial charge in [0.25, 0.3) is 5.91 Å². The van der Waals surface area contributed by atoms with Crippen LogP contribution in [0.2, 0.25) is 0 Å². The highest BCUT2D eigenvalue weighted by Crippen LogP contribution is 2.33. The van der Waals surface area contributed by atoms with Gasteiger partial charge in [-0.2, -0.15) is 0 Å². The number of carbonyl (C=O) groups is 3. The van der Waals surface area contributed by atoms with Gasteiger partial charge in [0.2, 0.25) is 5.91 Å². The highest BCUT2D eigenvalue weighted by Gasteiger charge is 2.29. The van der Waals surface area contributed by atoms with Crippen LogP contribution in [-0.2, 0) is 14.3 Å². The number of anilines is 1. The normalized spacial score (nSPS) is 17.2. The number of ether oxygens (including phenoxy) is 3. The van der Waals surface area contributed by atoms with E-state index in [-0.39, 0.29) is 43.5 Å². The molecule has 1 fully saturated rings. The minimum absolute atomic E-state index is 0.0154. The van der Waals surface area contributed by atoms with E-state index >= 15 is 0 Å². The standard InChI is InChI=1S/C26H30N2O6/c1-16-9-17(2)18(3)24(10-16)33-14-22(29)19-6-7-23-21(11-19)28(26(31)15-34-23)13-25(30)27-12-20-5-4-8-32-20/h6-7,9-11,20H,4-5,8,12-15H2,1-3H3,(H,27,30). The first-order chi connectivity index (χ1) is 16.3. The summed E-state index contributed by atoms with van der Waals surface area (Å²) in [5, 5.41) is 2.83. The van der Waals surface area contributed by atoms with Crippen LogP contribution in [0.25, 0.3) is 0 Å². The fourth-order valence-electron chi connectivity index (χ4n) is 4.16. The number of benzene rings is 2. The molecular weight excluding hydrogens is 436 g/mol. The molecule has 0 radical (unpaired) electrons. The van der Waals surface area contributed by atoms with Gasteiger partial charge in [0.15, 0.2) is 19.0 Å². The lowest BCUT2D eigenvalue weighted by molar-refractivity contribution is -0.125.